The van der Waals surface area contributed by atoms with Crippen molar-refractivity contribution in [2.24, 2.45) is 7.05 Å². The summed E-state index contributed by atoms with van der Waals surface area (Å²) in [5, 5.41) is 14.6. The lowest BCUT2D eigenvalue weighted by molar-refractivity contribution is 0.103. The van der Waals surface area contributed by atoms with Crippen molar-refractivity contribution in [3.63, 3.8) is 0 Å². The second-order valence-corrected chi connectivity index (χ2v) is 9.90. The summed E-state index contributed by atoms with van der Waals surface area (Å²) in [6.45, 7) is 1.57. The van der Waals surface area contributed by atoms with E-state index in [0.717, 1.165) is 19.1 Å². The van der Waals surface area contributed by atoms with Gasteiger partial charge in [0, 0.05) is 30.3 Å². The Morgan fingerprint density at radius 3 is 2.50 bits per heavy atom. The fourth-order valence-electron chi connectivity index (χ4n) is 3.09. The van der Waals surface area contributed by atoms with E-state index in [-0.39, 0.29) is 32.7 Å². The molecule has 1 heterocycles. The highest BCUT2D eigenvalue weighted by Gasteiger charge is 2.36. The Bertz CT molecular complexity index is 1000. The first-order valence-corrected chi connectivity index (χ1v) is 11.5. The number of aromatic nitrogens is 2. The molecule has 3 rings (SSSR count). The van der Waals surface area contributed by atoms with E-state index in [2.05, 4.69) is 5.10 Å². The van der Waals surface area contributed by atoms with Gasteiger partial charge in [0.05, 0.1) is 5.69 Å². The molecule has 1 atom stereocenters. The van der Waals surface area contributed by atoms with Gasteiger partial charge in [0.2, 0.25) is 11.7 Å². The molecule has 1 unspecified atom stereocenters. The molecule has 7 nitrogen and oxygen atoms in total. The summed E-state index contributed by atoms with van der Waals surface area (Å²) in [4.78, 5) is 13.2. The van der Waals surface area contributed by atoms with Crippen molar-refractivity contribution in [2.45, 2.75) is 35.5 Å². The van der Waals surface area contributed by atoms with Crippen LogP contribution in [0.15, 0.2) is 21.9 Å². The summed E-state index contributed by atoms with van der Waals surface area (Å²) >= 11 is -1.60. The summed E-state index contributed by atoms with van der Waals surface area (Å²) in [5.74, 6) is -0.513. The van der Waals surface area contributed by atoms with E-state index in [1.165, 1.54) is 23.1 Å². The Hall–Kier alpha value is -1.84. The number of nitrogens with zero attached hydrogens (tertiary/aromatic N) is 2. The number of rotatable bonds is 5. The molecule has 0 spiro atoms. The molecule has 9 heteroatoms. The number of ketones is 1. The van der Waals surface area contributed by atoms with Crippen LogP contribution in [0, 0.1) is 6.92 Å². The van der Waals surface area contributed by atoms with Crippen LogP contribution in [0.2, 0.25) is 0 Å². The van der Waals surface area contributed by atoms with Gasteiger partial charge in [-0.2, -0.15) is 5.10 Å². The minimum absolute atomic E-state index is 0.0507. The van der Waals surface area contributed by atoms with Crippen molar-refractivity contribution >= 4 is 26.8 Å². The highest BCUT2D eigenvalue weighted by Crippen LogP contribution is 2.43. The summed E-state index contributed by atoms with van der Waals surface area (Å²) in [7, 11) is -2.03. The van der Waals surface area contributed by atoms with Gasteiger partial charge >= 0.3 is 0 Å². The smallest absolute Gasteiger partial charge is 0.220 e. The van der Waals surface area contributed by atoms with Crippen LogP contribution in [-0.4, -0.2) is 46.2 Å². The van der Waals surface area contributed by atoms with Crippen molar-refractivity contribution in [2.75, 3.05) is 12.5 Å². The van der Waals surface area contributed by atoms with Gasteiger partial charge in [-0.1, -0.05) is 0 Å². The van der Waals surface area contributed by atoms with Crippen LogP contribution < -0.4 is 0 Å². The number of benzene rings is 1. The van der Waals surface area contributed by atoms with E-state index in [9.17, 15) is 22.9 Å². The molecule has 1 saturated carbocycles. The fraction of sp³-hybridized carbons (Fsp3) is 0.412. The lowest BCUT2D eigenvalue weighted by Gasteiger charge is -2.15. The lowest BCUT2D eigenvalue weighted by atomic mass is 9.98. The van der Waals surface area contributed by atoms with E-state index >= 15 is 0 Å². The molecule has 140 valence electrons. The molecule has 26 heavy (non-hydrogen) atoms. The molecular formula is C17H20N2O5S2. The predicted molar refractivity (Wildman–Crippen MR) is 96.9 cm³/mol. The molecule has 1 aliphatic carbocycles. The summed E-state index contributed by atoms with van der Waals surface area (Å²) in [5.41, 5.74) is 1.25. The molecule has 1 aromatic heterocycles. The van der Waals surface area contributed by atoms with Crippen LogP contribution in [0.5, 0.6) is 5.88 Å². The van der Waals surface area contributed by atoms with Gasteiger partial charge in [-0.05, 0) is 43.1 Å². The molecule has 0 radical (unpaired) electrons. The first-order chi connectivity index (χ1) is 12.0. The standard InChI is InChI=1S/C17H20N2O5S2/c1-9-11(7-8-12(26(4,23)24)16(9)25(3)22)15(20)13-14(10-5-6-10)18-19(2)17(13)21/h7-8,10,21H,5-6H2,1-4H3. The van der Waals surface area contributed by atoms with E-state index in [1.54, 1.807) is 14.0 Å². The Balaban J connectivity index is 2.20. The first kappa shape index (κ1) is 18.9. The third-order valence-electron chi connectivity index (χ3n) is 4.54. The minimum Gasteiger partial charge on any atom is -0.612 e. The topological polar surface area (TPSA) is 112 Å². The number of carbonyl (C=O) groups is 1. The maximum atomic E-state index is 13.1. The highest BCUT2D eigenvalue weighted by atomic mass is 32.2. The zero-order valence-electron chi connectivity index (χ0n) is 14.9. The zero-order valence-corrected chi connectivity index (χ0v) is 16.6. The van der Waals surface area contributed by atoms with Crippen molar-refractivity contribution < 1.29 is 22.9 Å². The molecule has 1 aromatic carbocycles. The van der Waals surface area contributed by atoms with Crippen LogP contribution in [0.25, 0.3) is 0 Å². The van der Waals surface area contributed by atoms with E-state index in [0.29, 0.717) is 11.3 Å². The predicted octanol–water partition coefficient (Wildman–Crippen LogP) is 1.68. The van der Waals surface area contributed by atoms with Gasteiger partial charge in [-0.3, -0.25) is 4.79 Å². The number of carbonyl (C=O) groups excluding carboxylic acids is 1. The first-order valence-electron chi connectivity index (χ1n) is 8.01. The highest BCUT2D eigenvalue weighted by molar-refractivity contribution is 7.93. The van der Waals surface area contributed by atoms with Crippen molar-refractivity contribution in [1.82, 2.24) is 9.78 Å². The van der Waals surface area contributed by atoms with Crippen molar-refractivity contribution in [3.8, 4) is 5.88 Å². The Morgan fingerprint density at radius 1 is 1.38 bits per heavy atom. The number of aromatic hydroxyl groups is 1. The van der Waals surface area contributed by atoms with Gasteiger partial charge in [0.1, 0.15) is 16.7 Å². The van der Waals surface area contributed by atoms with Gasteiger partial charge in [0.25, 0.3) is 0 Å². The normalized spacial score (nSPS) is 15.9. The SMILES string of the molecule is Cc1c(C(=O)c2c(C3CC3)nn(C)c2O)ccc(S(C)(=O)=O)c1[S+](C)[O-]. The Kier molecular flexibility index (Phi) is 4.66. The molecule has 2 aromatic rings. The van der Waals surface area contributed by atoms with Crippen LogP contribution in [0.4, 0.5) is 0 Å². The Labute approximate surface area is 155 Å². The second kappa shape index (κ2) is 6.40. The molecular weight excluding hydrogens is 376 g/mol. The monoisotopic (exact) mass is 396 g/mol. The van der Waals surface area contributed by atoms with E-state index < -0.39 is 26.8 Å². The molecule has 0 aliphatic heterocycles. The lowest BCUT2D eigenvalue weighted by Crippen LogP contribution is -2.14. The maximum Gasteiger partial charge on any atom is 0.220 e. The third kappa shape index (κ3) is 3.15. The summed E-state index contributed by atoms with van der Waals surface area (Å²) in [6.07, 6.45) is 4.24. The summed E-state index contributed by atoms with van der Waals surface area (Å²) < 4.78 is 37.4. The van der Waals surface area contributed by atoms with Crippen LogP contribution in [0.3, 0.4) is 0 Å². The largest absolute Gasteiger partial charge is 0.612 e. The maximum absolute atomic E-state index is 13.1. The number of hydrogen-bond donors (Lipinski definition) is 1. The van der Waals surface area contributed by atoms with Gasteiger partial charge in [0.15, 0.2) is 14.7 Å². The average Bonchev–Trinajstić information content (AvgIpc) is 3.32. The molecule has 1 aliphatic rings. The third-order valence-corrected chi connectivity index (χ3v) is 6.91. The molecule has 0 amide bonds. The van der Waals surface area contributed by atoms with E-state index in [4.69, 9.17) is 0 Å². The van der Waals surface area contributed by atoms with Crippen molar-refractivity contribution in [1.29, 1.82) is 0 Å². The zero-order chi connectivity index (χ0) is 19.4. The summed E-state index contributed by atoms with van der Waals surface area (Å²) in [6, 6.07) is 2.71. The second-order valence-electron chi connectivity index (χ2n) is 6.60. The van der Waals surface area contributed by atoms with Gasteiger partial charge in [-0.15, -0.1) is 0 Å². The fourth-order valence-corrected chi connectivity index (χ4v) is 5.60. The number of hydrogen-bond acceptors (Lipinski definition) is 6. The van der Waals surface area contributed by atoms with Gasteiger partial charge < -0.3 is 9.66 Å². The van der Waals surface area contributed by atoms with Crippen LogP contribution in [-0.2, 0) is 28.1 Å². The minimum atomic E-state index is -3.59. The Morgan fingerprint density at radius 2 is 2.00 bits per heavy atom. The molecule has 1 fully saturated rings. The van der Waals surface area contributed by atoms with Gasteiger partial charge in [-0.25, -0.2) is 13.1 Å². The van der Waals surface area contributed by atoms with Crippen LogP contribution in [0.1, 0.15) is 45.9 Å². The van der Waals surface area contributed by atoms with Crippen LogP contribution >= 0.6 is 0 Å². The molecule has 0 saturated heterocycles. The molecule has 1 N–H and O–H groups in total. The average molecular weight is 396 g/mol. The van der Waals surface area contributed by atoms with Crippen molar-refractivity contribution in [3.05, 3.63) is 34.5 Å². The quantitative estimate of drug-likeness (QED) is 0.608. The number of aryl methyl sites for hydroxylation is 1. The van der Waals surface area contributed by atoms with E-state index in [1.807, 2.05) is 0 Å². The number of sulfone groups is 1. The molecule has 0 bridgehead atoms.